The molecule has 1 amide bonds. The molecular formula is C22H26N4O4. The fourth-order valence-electron chi connectivity index (χ4n) is 4.00. The molecule has 0 radical (unpaired) electrons. The van der Waals surface area contributed by atoms with E-state index in [0.29, 0.717) is 17.9 Å². The molecule has 2 heterocycles. The van der Waals surface area contributed by atoms with Gasteiger partial charge in [0.1, 0.15) is 17.7 Å². The number of likely N-dealkylation sites (N-methyl/N-ethyl adjacent to an activating group) is 1. The zero-order valence-corrected chi connectivity index (χ0v) is 17.6. The molecule has 0 atom stereocenters. The van der Waals surface area contributed by atoms with Crippen LogP contribution in [0.15, 0.2) is 27.7 Å². The molecule has 0 saturated heterocycles. The highest BCUT2D eigenvalue weighted by Gasteiger charge is 2.22. The van der Waals surface area contributed by atoms with Gasteiger partial charge < -0.3 is 18.6 Å². The summed E-state index contributed by atoms with van der Waals surface area (Å²) in [5.74, 6) is 1.11. The number of aryl methyl sites for hydroxylation is 3. The Hall–Kier alpha value is -3.16. The van der Waals surface area contributed by atoms with Crippen LogP contribution >= 0.6 is 0 Å². The predicted octanol–water partition coefficient (Wildman–Crippen LogP) is 2.63. The Bertz CT molecular complexity index is 1150. The summed E-state index contributed by atoms with van der Waals surface area (Å²) in [4.78, 5) is 26.4. The van der Waals surface area contributed by atoms with E-state index in [4.69, 9.17) is 9.15 Å². The number of hydrogen-bond acceptors (Lipinski definition) is 6. The van der Waals surface area contributed by atoms with Gasteiger partial charge in [0.05, 0.1) is 6.54 Å². The largest absolute Gasteiger partial charge is 0.483 e. The number of hydrogen-bond donors (Lipinski definition) is 0. The zero-order chi connectivity index (χ0) is 21.3. The number of amides is 1. The minimum absolute atomic E-state index is 0.111. The monoisotopic (exact) mass is 410 g/mol. The first kappa shape index (κ1) is 20.1. The number of benzene rings is 1. The molecule has 0 N–H and O–H groups in total. The van der Waals surface area contributed by atoms with Gasteiger partial charge in [-0.2, -0.15) is 0 Å². The molecule has 3 aromatic rings. The van der Waals surface area contributed by atoms with Crippen molar-refractivity contribution in [1.82, 2.24) is 19.7 Å². The minimum Gasteiger partial charge on any atom is -0.483 e. The minimum atomic E-state index is -0.262. The third-order valence-corrected chi connectivity index (χ3v) is 5.66. The van der Waals surface area contributed by atoms with E-state index < -0.39 is 0 Å². The van der Waals surface area contributed by atoms with E-state index in [9.17, 15) is 9.59 Å². The summed E-state index contributed by atoms with van der Waals surface area (Å²) in [6.45, 7) is 4.99. The molecule has 1 aliphatic carbocycles. The number of ether oxygens (including phenoxy) is 1. The number of rotatable bonds is 7. The third kappa shape index (κ3) is 3.69. The molecule has 30 heavy (non-hydrogen) atoms. The maximum Gasteiger partial charge on any atom is 0.339 e. The first-order chi connectivity index (χ1) is 14.5. The van der Waals surface area contributed by atoms with Gasteiger partial charge in [-0.3, -0.25) is 4.79 Å². The van der Waals surface area contributed by atoms with Crippen molar-refractivity contribution in [1.29, 1.82) is 0 Å². The summed E-state index contributed by atoms with van der Waals surface area (Å²) in [7, 11) is 1.71. The maximum atomic E-state index is 12.6. The standard InChI is InChI=1S/C22H26N4O4/c1-4-10-26-13-23-24-19(26)11-25(3)20(27)12-29-18-9-8-16-15-6-5-7-17(15)22(28)30-21(16)14(18)2/h8-9,13H,4-7,10-12H2,1-3H3. The lowest BCUT2D eigenvalue weighted by atomic mass is 10.0. The van der Waals surface area contributed by atoms with Crippen LogP contribution in [-0.4, -0.2) is 39.2 Å². The van der Waals surface area contributed by atoms with Gasteiger partial charge in [-0.1, -0.05) is 6.92 Å². The van der Waals surface area contributed by atoms with Crippen LogP contribution in [0.5, 0.6) is 5.75 Å². The Labute approximate surface area is 174 Å². The van der Waals surface area contributed by atoms with Crippen LogP contribution in [0.1, 0.15) is 42.3 Å². The summed E-state index contributed by atoms with van der Waals surface area (Å²) in [6, 6.07) is 3.77. The first-order valence-corrected chi connectivity index (χ1v) is 10.3. The topological polar surface area (TPSA) is 90.5 Å². The third-order valence-electron chi connectivity index (χ3n) is 5.66. The molecule has 1 aliphatic rings. The molecule has 0 aliphatic heterocycles. The SMILES string of the molecule is CCCn1cnnc1CN(C)C(=O)COc1ccc2c3c(c(=O)oc2c1C)CCC3. The number of aromatic nitrogens is 3. The highest BCUT2D eigenvalue weighted by molar-refractivity contribution is 5.86. The van der Waals surface area contributed by atoms with E-state index in [0.717, 1.165) is 60.1 Å². The van der Waals surface area contributed by atoms with Gasteiger partial charge in [0.25, 0.3) is 5.91 Å². The molecule has 158 valence electrons. The fraction of sp³-hybridized carbons (Fsp3) is 0.455. The molecule has 0 unspecified atom stereocenters. The van der Waals surface area contributed by atoms with E-state index >= 15 is 0 Å². The molecule has 0 saturated carbocycles. The van der Waals surface area contributed by atoms with Gasteiger partial charge in [-0.25, -0.2) is 4.79 Å². The Morgan fingerprint density at radius 3 is 2.90 bits per heavy atom. The van der Waals surface area contributed by atoms with Gasteiger partial charge in [0.2, 0.25) is 0 Å². The van der Waals surface area contributed by atoms with Crippen LogP contribution in [0, 0.1) is 6.92 Å². The second-order valence-electron chi connectivity index (χ2n) is 7.74. The van der Waals surface area contributed by atoms with Crippen molar-refractivity contribution < 1.29 is 13.9 Å². The van der Waals surface area contributed by atoms with Gasteiger partial charge in [0, 0.05) is 30.1 Å². The average Bonchev–Trinajstić information content (AvgIpc) is 3.38. The number of fused-ring (bicyclic) bond motifs is 3. The molecule has 0 spiro atoms. The molecule has 4 rings (SSSR count). The second kappa shape index (κ2) is 8.30. The molecule has 8 nitrogen and oxygen atoms in total. The van der Waals surface area contributed by atoms with E-state index in [2.05, 4.69) is 17.1 Å². The summed E-state index contributed by atoms with van der Waals surface area (Å²) < 4.78 is 13.3. The van der Waals surface area contributed by atoms with Crippen LogP contribution in [-0.2, 0) is 30.7 Å². The highest BCUT2D eigenvalue weighted by atomic mass is 16.5. The normalized spacial score (nSPS) is 12.9. The molecular weight excluding hydrogens is 384 g/mol. The van der Waals surface area contributed by atoms with Crippen molar-refractivity contribution in [2.75, 3.05) is 13.7 Å². The fourth-order valence-corrected chi connectivity index (χ4v) is 4.00. The first-order valence-electron chi connectivity index (χ1n) is 10.3. The van der Waals surface area contributed by atoms with Crippen molar-refractivity contribution in [3.63, 3.8) is 0 Å². The number of nitrogens with zero attached hydrogens (tertiary/aromatic N) is 4. The van der Waals surface area contributed by atoms with Crippen molar-refractivity contribution in [3.05, 3.63) is 51.4 Å². The van der Waals surface area contributed by atoms with E-state index in [1.54, 1.807) is 18.3 Å². The summed E-state index contributed by atoms with van der Waals surface area (Å²) in [5.41, 5.74) is 2.90. The zero-order valence-electron chi connectivity index (χ0n) is 17.6. The lowest BCUT2D eigenvalue weighted by Gasteiger charge is -2.18. The van der Waals surface area contributed by atoms with Crippen molar-refractivity contribution in [2.45, 2.75) is 52.6 Å². The Kier molecular flexibility index (Phi) is 5.57. The average molecular weight is 410 g/mol. The maximum absolute atomic E-state index is 12.6. The van der Waals surface area contributed by atoms with Gasteiger partial charge in [0.15, 0.2) is 12.4 Å². The van der Waals surface area contributed by atoms with Crippen molar-refractivity contribution >= 4 is 16.9 Å². The van der Waals surface area contributed by atoms with Gasteiger partial charge >= 0.3 is 5.63 Å². The predicted molar refractivity (Wildman–Crippen MR) is 112 cm³/mol. The van der Waals surface area contributed by atoms with E-state index in [1.165, 1.54) is 0 Å². The van der Waals surface area contributed by atoms with Gasteiger partial charge in [-0.05, 0) is 50.3 Å². The summed E-state index contributed by atoms with van der Waals surface area (Å²) >= 11 is 0. The molecule has 0 fully saturated rings. The molecule has 0 bridgehead atoms. The van der Waals surface area contributed by atoms with Crippen LogP contribution in [0.3, 0.4) is 0 Å². The van der Waals surface area contributed by atoms with Crippen LogP contribution in [0.4, 0.5) is 0 Å². The number of carbonyl (C=O) groups is 1. The van der Waals surface area contributed by atoms with Crippen LogP contribution < -0.4 is 10.4 Å². The summed E-state index contributed by atoms with van der Waals surface area (Å²) in [5, 5.41) is 8.99. The molecule has 2 aromatic heterocycles. The van der Waals surface area contributed by atoms with Crippen LogP contribution in [0.2, 0.25) is 0 Å². The number of carbonyl (C=O) groups excluding carboxylic acids is 1. The van der Waals surface area contributed by atoms with Crippen molar-refractivity contribution in [2.24, 2.45) is 0 Å². The smallest absolute Gasteiger partial charge is 0.339 e. The van der Waals surface area contributed by atoms with Crippen molar-refractivity contribution in [3.8, 4) is 5.75 Å². The van der Waals surface area contributed by atoms with E-state index in [-0.39, 0.29) is 18.1 Å². The van der Waals surface area contributed by atoms with Crippen LogP contribution in [0.25, 0.3) is 11.0 Å². The van der Waals surface area contributed by atoms with Gasteiger partial charge in [-0.15, -0.1) is 10.2 Å². The lowest BCUT2D eigenvalue weighted by molar-refractivity contribution is -0.132. The lowest BCUT2D eigenvalue weighted by Crippen LogP contribution is -2.32. The molecule has 8 heteroatoms. The Morgan fingerprint density at radius 1 is 1.30 bits per heavy atom. The molecule has 1 aromatic carbocycles. The quantitative estimate of drug-likeness (QED) is 0.556. The highest BCUT2D eigenvalue weighted by Crippen LogP contribution is 2.33. The Morgan fingerprint density at radius 2 is 2.10 bits per heavy atom. The summed E-state index contributed by atoms with van der Waals surface area (Å²) in [6.07, 6.45) is 5.28. The Balaban J connectivity index is 1.47. The second-order valence-corrected chi connectivity index (χ2v) is 7.74. The van der Waals surface area contributed by atoms with E-state index in [1.807, 2.05) is 23.6 Å².